The van der Waals surface area contributed by atoms with Gasteiger partial charge < -0.3 is 15.2 Å². The zero-order valence-corrected chi connectivity index (χ0v) is 12.0. The zero-order chi connectivity index (χ0) is 15.6. The lowest BCUT2D eigenvalue weighted by atomic mass is 9.93. The second kappa shape index (κ2) is 3.86. The van der Waals surface area contributed by atoms with E-state index in [9.17, 15) is 10.5 Å². The van der Waals surface area contributed by atoms with Crippen LogP contribution in [0.3, 0.4) is 0 Å². The number of benzene rings is 1. The Morgan fingerprint density at radius 2 is 2.00 bits per heavy atom. The summed E-state index contributed by atoms with van der Waals surface area (Å²) >= 11 is 0. The third-order valence-corrected chi connectivity index (χ3v) is 4.98. The standard InChI is InChI=1S/C16H14N4O2/c1-10-3-2-4-11(7-10)12-14(8-17)13(19)20-16(15(12,14)9-18)21-5-6-22-16/h2-4,7,12H,5-6H2,1H3,(H2,19,20)/t12-,14-,15-/m1/s1. The molecule has 0 amide bonds. The highest BCUT2D eigenvalue weighted by Gasteiger charge is 2.94. The SMILES string of the molecule is Cc1cccc([C@@H]2[C@]3(C#N)C(N)=NC4(OCCO4)[C@]23C#N)c1. The predicted octanol–water partition coefficient (Wildman–Crippen LogP) is 1.18. The van der Waals surface area contributed by atoms with Crippen molar-refractivity contribution in [1.82, 2.24) is 0 Å². The molecule has 22 heavy (non-hydrogen) atoms. The fourth-order valence-electron chi connectivity index (χ4n) is 4.07. The summed E-state index contributed by atoms with van der Waals surface area (Å²) in [6, 6.07) is 12.3. The molecule has 3 aliphatic rings. The van der Waals surface area contributed by atoms with E-state index in [0.717, 1.165) is 11.1 Å². The van der Waals surface area contributed by atoms with Gasteiger partial charge in [-0.05, 0) is 12.5 Å². The highest BCUT2D eigenvalue weighted by atomic mass is 16.8. The van der Waals surface area contributed by atoms with Crippen molar-refractivity contribution in [3.05, 3.63) is 35.4 Å². The van der Waals surface area contributed by atoms with Crippen molar-refractivity contribution in [2.75, 3.05) is 13.2 Å². The number of nitrogens with two attached hydrogens (primary N) is 1. The molecule has 0 aromatic heterocycles. The van der Waals surface area contributed by atoms with Crippen LogP contribution in [-0.2, 0) is 9.47 Å². The molecule has 1 spiro atoms. The molecule has 1 saturated carbocycles. The number of hydrogen-bond donors (Lipinski definition) is 1. The summed E-state index contributed by atoms with van der Waals surface area (Å²) < 4.78 is 11.3. The van der Waals surface area contributed by atoms with E-state index in [2.05, 4.69) is 17.1 Å². The molecule has 4 rings (SSSR count). The van der Waals surface area contributed by atoms with Gasteiger partial charge in [-0.25, -0.2) is 4.99 Å². The Morgan fingerprint density at radius 3 is 2.59 bits per heavy atom. The Kier molecular flexibility index (Phi) is 2.33. The molecule has 3 atom stereocenters. The van der Waals surface area contributed by atoms with Gasteiger partial charge in [0.15, 0.2) is 5.41 Å². The van der Waals surface area contributed by atoms with Crippen LogP contribution < -0.4 is 5.73 Å². The van der Waals surface area contributed by atoms with Crippen LogP contribution in [0.1, 0.15) is 17.0 Å². The van der Waals surface area contributed by atoms with Crippen LogP contribution in [0.4, 0.5) is 0 Å². The third kappa shape index (κ3) is 1.13. The van der Waals surface area contributed by atoms with Crippen LogP contribution in [0.15, 0.2) is 29.3 Å². The topological polar surface area (TPSA) is 104 Å². The van der Waals surface area contributed by atoms with Gasteiger partial charge in [0, 0.05) is 5.92 Å². The summed E-state index contributed by atoms with van der Waals surface area (Å²) in [5.41, 5.74) is 5.61. The van der Waals surface area contributed by atoms with E-state index in [1.54, 1.807) is 0 Å². The largest absolute Gasteiger partial charge is 0.386 e. The van der Waals surface area contributed by atoms with Crippen molar-refractivity contribution in [2.24, 2.45) is 21.6 Å². The van der Waals surface area contributed by atoms with Crippen molar-refractivity contribution < 1.29 is 9.47 Å². The monoisotopic (exact) mass is 294 g/mol. The number of nitriles is 2. The van der Waals surface area contributed by atoms with E-state index in [1.807, 2.05) is 31.2 Å². The van der Waals surface area contributed by atoms with E-state index in [4.69, 9.17) is 15.2 Å². The molecule has 2 N–H and O–H groups in total. The van der Waals surface area contributed by atoms with Crippen LogP contribution >= 0.6 is 0 Å². The molecule has 2 aliphatic heterocycles. The van der Waals surface area contributed by atoms with E-state index in [-0.39, 0.29) is 5.84 Å². The van der Waals surface area contributed by atoms with Crippen LogP contribution in [0.2, 0.25) is 0 Å². The highest BCUT2D eigenvalue weighted by Crippen LogP contribution is 2.82. The van der Waals surface area contributed by atoms with Crippen molar-refractivity contribution in [1.29, 1.82) is 10.5 Å². The van der Waals surface area contributed by atoms with Crippen LogP contribution in [0, 0.1) is 40.4 Å². The summed E-state index contributed by atoms with van der Waals surface area (Å²) in [7, 11) is 0. The molecule has 0 bridgehead atoms. The molecule has 1 saturated heterocycles. The number of aryl methyl sites for hydroxylation is 1. The lowest BCUT2D eigenvalue weighted by molar-refractivity contribution is -0.184. The lowest BCUT2D eigenvalue weighted by Crippen LogP contribution is -2.38. The van der Waals surface area contributed by atoms with E-state index in [1.165, 1.54) is 0 Å². The molecular formula is C16H14N4O2. The Morgan fingerprint density at radius 1 is 1.27 bits per heavy atom. The molecule has 6 heteroatoms. The maximum absolute atomic E-state index is 9.92. The molecule has 110 valence electrons. The molecule has 1 aliphatic carbocycles. The lowest BCUT2D eigenvalue weighted by Gasteiger charge is -2.25. The fourth-order valence-corrected chi connectivity index (χ4v) is 4.07. The average molecular weight is 294 g/mol. The van der Waals surface area contributed by atoms with Crippen molar-refractivity contribution in [3.63, 3.8) is 0 Å². The zero-order valence-electron chi connectivity index (χ0n) is 12.0. The third-order valence-electron chi connectivity index (χ3n) is 4.98. The molecular weight excluding hydrogens is 280 g/mol. The average Bonchev–Trinajstić information content (AvgIpc) is 2.77. The Bertz CT molecular complexity index is 784. The quantitative estimate of drug-likeness (QED) is 0.837. The van der Waals surface area contributed by atoms with E-state index >= 15 is 0 Å². The molecule has 6 nitrogen and oxygen atoms in total. The summed E-state index contributed by atoms with van der Waals surface area (Å²) in [6.07, 6.45) is 0. The van der Waals surface area contributed by atoms with Gasteiger partial charge in [-0.2, -0.15) is 10.5 Å². The van der Waals surface area contributed by atoms with Crippen LogP contribution in [0.25, 0.3) is 0 Å². The van der Waals surface area contributed by atoms with Gasteiger partial charge in [-0.1, -0.05) is 29.8 Å². The fraction of sp³-hybridized carbons (Fsp3) is 0.438. The molecule has 2 fully saturated rings. The van der Waals surface area contributed by atoms with Gasteiger partial charge in [-0.15, -0.1) is 0 Å². The summed E-state index contributed by atoms with van der Waals surface area (Å²) in [6.45, 7) is 2.64. The van der Waals surface area contributed by atoms with Gasteiger partial charge in [0.05, 0.1) is 25.4 Å². The summed E-state index contributed by atoms with van der Waals surface area (Å²) in [4.78, 5) is 4.24. The van der Waals surface area contributed by atoms with Crippen LogP contribution in [-0.4, -0.2) is 25.0 Å². The number of ether oxygens (including phenoxy) is 2. The molecule has 0 radical (unpaired) electrons. The number of nitrogens with zero attached hydrogens (tertiary/aromatic N) is 3. The minimum atomic E-state index is -1.45. The minimum absolute atomic E-state index is 0.130. The maximum Gasteiger partial charge on any atom is 0.293 e. The van der Waals surface area contributed by atoms with Gasteiger partial charge in [0.2, 0.25) is 0 Å². The molecule has 2 heterocycles. The summed E-state index contributed by atoms with van der Waals surface area (Å²) in [5, 5.41) is 19.7. The molecule has 0 unspecified atom stereocenters. The van der Waals surface area contributed by atoms with Crippen molar-refractivity contribution in [2.45, 2.75) is 18.8 Å². The predicted molar refractivity (Wildman–Crippen MR) is 76.3 cm³/mol. The second-order valence-corrected chi connectivity index (χ2v) is 5.96. The number of fused-ring (bicyclic) bond motifs is 2. The smallest absolute Gasteiger partial charge is 0.293 e. The van der Waals surface area contributed by atoms with E-state index < -0.39 is 22.7 Å². The first-order valence-electron chi connectivity index (χ1n) is 7.11. The number of amidine groups is 1. The molecule has 1 aromatic carbocycles. The minimum Gasteiger partial charge on any atom is -0.386 e. The van der Waals surface area contributed by atoms with Gasteiger partial charge in [0.25, 0.3) is 5.91 Å². The summed E-state index contributed by atoms with van der Waals surface area (Å²) in [5.74, 6) is -1.72. The normalized spacial score (nSPS) is 37.2. The first kappa shape index (κ1) is 13.3. The van der Waals surface area contributed by atoms with Gasteiger partial charge in [-0.3, -0.25) is 0 Å². The van der Waals surface area contributed by atoms with Crippen molar-refractivity contribution >= 4 is 5.84 Å². The number of rotatable bonds is 1. The first-order chi connectivity index (χ1) is 10.6. The number of aliphatic imine (C=N–C) groups is 1. The van der Waals surface area contributed by atoms with Gasteiger partial charge >= 0.3 is 0 Å². The molecule has 1 aromatic rings. The van der Waals surface area contributed by atoms with Crippen LogP contribution in [0.5, 0.6) is 0 Å². The van der Waals surface area contributed by atoms with Crippen molar-refractivity contribution in [3.8, 4) is 12.1 Å². The second-order valence-electron chi connectivity index (χ2n) is 5.96. The Hall–Kier alpha value is -2.41. The maximum atomic E-state index is 9.92. The highest BCUT2D eigenvalue weighted by molar-refractivity contribution is 6.00. The van der Waals surface area contributed by atoms with Gasteiger partial charge in [0.1, 0.15) is 11.3 Å². The first-order valence-corrected chi connectivity index (χ1v) is 7.11. The number of hydrogen-bond acceptors (Lipinski definition) is 6. The Labute approximate surface area is 127 Å². The Balaban J connectivity index is 1.94. The van der Waals surface area contributed by atoms with E-state index in [0.29, 0.717) is 13.2 Å².